The minimum absolute atomic E-state index is 0.0114. The highest BCUT2D eigenvalue weighted by atomic mass is 16.7. The molecule has 1 aromatic rings. The van der Waals surface area contributed by atoms with Crippen molar-refractivity contribution in [1.29, 1.82) is 0 Å². The second-order valence-electron chi connectivity index (χ2n) is 7.75. The summed E-state index contributed by atoms with van der Waals surface area (Å²) in [5.41, 5.74) is -2.59. The van der Waals surface area contributed by atoms with E-state index in [-0.39, 0.29) is 30.6 Å². The van der Waals surface area contributed by atoms with Crippen LogP contribution < -0.4 is 5.32 Å². The van der Waals surface area contributed by atoms with Gasteiger partial charge >= 0.3 is 5.95 Å². The van der Waals surface area contributed by atoms with E-state index >= 15 is 0 Å². The number of imidazole rings is 1. The maximum absolute atomic E-state index is 12.6. The maximum atomic E-state index is 12.6. The van der Waals surface area contributed by atoms with Gasteiger partial charge in [-0.15, -0.1) is 0 Å². The lowest BCUT2D eigenvalue weighted by molar-refractivity contribution is -0.974. The van der Waals surface area contributed by atoms with Gasteiger partial charge in [0.25, 0.3) is 0 Å². The van der Waals surface area contributed by atoms with Crippen molar-refractivity contribution in [2.24, 2.45) is 0 Å². The number of hydrogen-bond donors (Lipinski definition) is 1. The largest absolute Gasteiger partial charge is 0.738 e. The summed E-state index contributed by atoms with van der Waals surface area (Å²) in [6.45, 7) is 6.64. The average molecular weight is 399 g/mol. The normalized spacial score (nSPS) is 14.8. The quantitative estimate of drug-likeness (QED) is 0.322. The minimum atomic E-state index is -1.48. The Hall–Kier alpha value is -2.25. The number of Topliss-reactive ketones (excluding diaryl/α,β-unsaturated/α-hetero) is 2. The van der Waals surface area contributed by atoms with Crippen LogP contribution in [0.1, 0.15) is 34.6 Å². The Morgan fingerprint density at radius 2 is 1.93 bits per heavy atom. The minimum Gasteiger partial charge on any atom is -0.738 e. The molecule has 0 amide bonds. The Bertz CT molecular complexity index is 742. The molecule has 1 rings (SSSR count). The zero-order chi connectivity index (χ0) is 21.9. The molecule has 28 heavy (non-hydrogen) atoms. The molecule has 0 bridgehead atoms. The number of ketones is 2. The van der Waals surface area contributed by atoms with Gasteiger partial charge in [0, 0.05) is 6.54 Å². The Morgan fingerprint density at radius 3 is 2.43 bits per heavy atom. The fourth-order valence-electron chi connectivity index (χ4n) is 2.38. The van der Waals surface area contributed by atoms with Gasteiger partial charge in [0.1, 0.15) is 31.0 Å². The van der Waals surface area contributed by atoms with Crippen LogP contribution in [0.4, 0.5) is 5.95 Å². The van der Waals surface area contributed by atoms with Gasteiger partial charge in [0.15, 0.2) is 11.6 Å². The lowest BCUT2D eigenvalue weighted by Gasteiger charge is -2.56. The number of quaternary nitrogens is 1. The predicted molar refractivity (Wildman–Crippen MR) is 100 cm³/mol. The molecule has 1 unspecified atom stereocenters. The lowest BCUT2D eigenvalue weighted by Crippen LogP contribution is -2.63. The van der Waals surface area contributed by atoms with Gasteiger partial charge in [-0.3, -0.25) is 19.7 Å². The zero-order valence-electron chi connectivity index (χ0n) is 17.0. The van der Waals surface area contributed by atoms with Crippen LogP contribution >= 0.6 is 0 Å². The Kier molecular flexibility index (Phi) is 7.14. The third-order valence-corrected chi connectivity index (χ3v) is 4.69. The number of carbonyl (C=O) groups excluding carboxylic acids is 2. The average Bonchev–Trinajstić information content (AvgIpc) is 3.01. The first-order chi connectivity index (χ1) is 12.6. The van der Waals surface area contributed by atoms with Crippen molar-refractivity contribution < 1.29 is 19.3 Å². The molecule has 158 valence electrons. The standard InChI is InChI=1S/C16H27N6O6/c1-12(23)16(4,5)21(27)22(6,28)10-8-18-15(2,3)13(24)11-19-9-7-17-14(19)20(25)26/h7,9,18H,8,10-11H2,1-6H3/q-1. The van der Waals surface area contributed by atoms with Gasteiger partial charge in [-0.05, 0) is 39.5 Å². The second-order valence-corrected chi connectivity index (χ2v) is 7.75. The number of rotatable bonds is 11. The van der Waals surface area contributed by atoms with Gasteiger partial charge < -0.3 is 20.5 Å². The molecule has 0 aromatic carbocycles. The van der Waals surface area contributed by atoms with Gasteiger partial charge in [-0.25, -0.2) is 9.74 Å². The van der Waals surface area contributed by atoms with E-state index in [1.165, 1.54) is 33.2 Å². The van der Waals surface area contributed by atoms with Crippen molar-refractivity contribution in [3.05, 3.63) is 32.9 Å². The molecule has 0 saturated carbocycles. The van der Waals surface area contributed by atoms with Crippen molar-refractivity contribution in [2.75, 3.05) is 20.1 Å². The molecule has 0 saturated heterocycles. The van der Waals surface area contributed by atoms with E-state index in [1.807, 2.05) is 0 Å². The van der Waals surface area contributed by atoms with Crippen molar-refractivity contribution >= 4 is 17.5 Å². The van der Waals surface area contributed by atoms with Crippen molar-refractivity contribution in [3.63, 3.8) is 0 Å². The molecule has 1 aromatic heterocycles. The molecule has 1 atom stereocenters. The summed E-state index contributed by atoms with van der Waals surface area (Å²) in [6.07, 6.45) is 2.56. The maximum Gasteiger partial charge on any atom is 0.434 e. The summed E-state index contributed by atoms with van der Waals surface area (Å²) in [5.74, 6) is -1.24. The van der Waals surface area contributed by atoms with Crippen LogP contribution in [0.3, 0.4) is 0 Å². The molecular formula is C16H27N6O6-. The summed E-state index contributed by atoms with van der Waals surface area (Å²) in [6, 6.07) is 0. The number of nitrogens with one attached hydrogen (secondary N) is 1. The van der Waals surface area contributed by atoms with Crippen LogP contribution in [0.25, 0.3) is 0 Å². The molecule has 1 heterocycles. The molecule has 12 heteroatoms. The summed E-state index contributed by atoms with van der Waals surface area (Å²) in [5, 5.41) is 38.9. The molecule has 0 aliphatic rings. The number of hydrogen-bond acceptors (Lipinski definition) is 9. The van der Waals surface area contributed by atoms with Gasteiger partial charge in [0.2, 0.25) is 0 Å². The van der Waals surface area contributed by atoms with Crippen LogP contribution in [0.15, 0.2) is 12.4 Å². The van der Waals surface area contributed by atoms with E-state index in [0.717, 1.165) is 11.6 Å². The highest BCUT2D eigenvalue weighted by molar-refractivity contribution is 5.87. The lowest BCUT2D eigenvalue weighted by atomic mass is 9.99. The van der Waals surface area contributed by atoms with Crippen LogP contribution in [0.5, 0.6) is 0 Å². The smallest absolute Gasteiger partial charge is 0.434 e. The van der Waals surface area contributed by atoms with Gasteiger partial charge in [-0.1, -0.05) is 4.98 Å². The molecule has 0 aliphatic heterocycles. The third-order valence-electron chi connectivity index (χ3n) is 4.69. The highest BCUT2D eigenvalue weighted by Crippen LogP contribution is 2.21. The van der Waals surface area contributed by atoms with E-state index in [9.17, 15) is 30.1 Å². The Morgan fingerprint density at radius 1 is 1.36 bits per heavy atom. The summed E-state index contributed by atoms with van der Waals surface area (Å²) < 4.78 is -0.231. The van der Waals surface area contributed by atoms with Gasteiger partial charge in [-0.2, -0.15) is 0 Å². The number of nitro groups is 1. The molecule has 0 aliphatic carbocycles. The predicted octanol–water partition coefficient (Wildman–Crippen LogP) is 0.755. The molecule has 0 radical (unpaired) electrons. The molecule has 12 nitrogen and oxygen atoms in total. The van der Waals surface area contributed by atoms with E-state index in [4.69, 9.17) is 0 Å². The monoisotopic (exact) mass is 399 g/mol. The van der Waals surface area contributed by atoms with Crippen LogP contribution in [0, 0.1) is 20.5 Å². The number of hydroxylamine groups is 3. The summed E-state index contributed by atoms with van der Waals surface area (Å²) in [4.78, 5) is 37.9. The molecule has 0 spiro atoms. The third kappa shape index (κ3) is 5.39. The molecular weight excluding hydrogens is 372 g/mol. The Balaban J connectivity index is 2.72. The SMILES string of the molecule is CC(=O)C(C)(C)N([O-])[N+](C)([O-])CCNC(C)(C)C(=O)Cn1ccnc1[N+](=O)[O-]. The Labute approximate surface area is 163 Å². The number of aromatic nitrogens is 2. The molecule has 0 fully saturated rings. The van der Waals surface area contributed by atoms with E-state index in [1.54, 1.807) is 13.8 Å². The van der Waals surface area contributed by atoms with Gasteiger partial charge in [0.05, 0.1) is 12.6 Å². The number of likely N-dealkylation sites (N-methyl/N-ethyl adjacent to an activating group) is 1. The van der Waals surface area contributed by atoms with Crippen molar-refractivity contribution in [1.82, 2.24) is 20.0 Å². The summed E-state index contributed by atoms with van der Waals surface area (Å²) in [7, 11) is 1.13. The number of nitrogens with zero attached hydrogens (tertiary/aromatic N) is 5. The van der Waals surface area contributed by atoms with Crippen LogP contribution in [-0.4, -0.2) is 67.2 Å². The zero-order valence-corrected chi connectivity index (χ0v) is 17.0. The van der Waals surface area contributed by atoms with Crippen LogP contribution in [-0.2, 0) is 16.1 Å². The second kappa shape index (κ2) is 8.41. The first-order valence-corrected chi connectivity index (χ1v) is 8.62. The molecule has 1 N–H and O–H groups in total. The fourth-order valence-corrected chi connectivity index (χ4v) is 2.38. The first kappa shape index (κ1) is 23.8. The fraction of sp³-hybridized carbons (Fsp3) is 0.688. The van der Waals surface area contributed by atoms with E-state index in [2.05, 4.69) is 10.3 Å². The number of carbonyl (C=O) groups is 2. The highest BCUT2D eigenvalue weighted by Gasteiger charge is 2.35. The van der Waals surface area contributed by atoms with Crippen LogP contribution in [0.2, 0.25) is 0 Å². The van der Waals surface area contributed by atoms with Crippen molar-refractivity contribution in [2.45, 2.75) is 52.2 Å². The summed E-state index contributed by atoms with van der Waals surface area (Å²) >= 11 is 0. The topological polar surface area (TPSA) is 156 Å². The van der Waals surface area contributed by atoms with E-state index in [0.29, 0.717) is 0 Å². The van der Waals surface area contributed by atoms with E-state index < -0.39 is 32.5 Å². The first-order valence-electron chi connectivity index (χ1n) is 8.62. The van der Waals surface area contributed by atoms with Crippen molar-refractivity contribution in [3.8, 4) is 0 Å².